The normalized spacial score (nSPS) is 13.1. The maximum atomic E-state index is 13.1. The summed E-state index contributed by atoms with van der Waals surface area (Å²) in [4.78, 5) is 51.6. The van der Waals surface area contributed by atoms with Crippen molar-refractivity contribution in [2.24, 2.45) is 0 Å². The van der Waals surface area contributed by atoms with Gasteiger partial charge in [0.1, 0.15) is 11.4 Å². The van der Waals surface area contributed by atoms with E-state index in [1.165, 1.54) is 24.7 Å². The Morgan fingerprint density at radius 1 is 0.560 bits per heavy atom. The Bertz CT molecular complexity index is 1760. The van der Waals surface area contributed by atoms with E-state index in [1.54, 1.807) is 60.7 Å². The topological polar surface area (TPSA) is 180 Å². The molecule has 0 atom stereocenters. The number of fused-ring (bicyclic) bond motifs is 2. The van der Waals surface area contributed by atoms with Crippen LogP contribution in [0.4, 0.5) is 0 Å². The zero-order valence-electron chi connectivity index (χ0n) is 26.8. The van der Waals surface area contributed by atoms with E-state index < -0.39 is 23.6 Å². The fraction of sp³-hybridized carbons (Fsp3) is 0.222. The second kappa shape index (κ2) is 16.1. The van der Waals surface area contributed by atoms with Gasteiger partial charge in [-0.3, -0.25) is 19.2 Å². The van der Waals surface area contributed by atoms with E-state index in [2.05, 4.69) is 21.3 Å². The Labute approximate surface area is 286 Å². The Morgan fingerprint density at radius 3 is 1.42 bits per heavy atom. The average Bonchev–Trinajstić information content (AvgIpc) is 3.96. The van der Waals surface area contributed by atoms with Crippen molar-refractivity contribution in [1.29, 1.82) is 0 Å². The number of amides is 4. The van der Waals surface area contributed by atoms with Crippen LogP contribution < -0.4 is 40.2 Å². The third-order valence-electron chi connectivity index (χ3n) is 7.57. The van der Waals surface area contributed by atoms with E-state index in [0.29, 0.717) is 60.1 Å². The molecule has 0 aliphatic carbocycles. The molecule has 4 heterocycles. The largest absolute Gasteiger partial charge is 0.459 e. The van der Waals surface area contributed by atoms with E-state index in [-0.39, 0.29) is 36.5 Å². The van der Waals surface area contributed by atoms with Crippen molar-refractivity contribution in [2.45, 2.75) is 25.7 Å². The molecule has 2 aromatic carbocycles. The molecule has 4 aromatic rings. The average molecular weight is 683 g/mol. The summed E-state index contributed by atoms with van der Waals surface area (Å²) in [5.41, 5.74) is 1.35. The lowest BCUT2D eigenvalue weighted by Gasteiger charge is -2.11. The van der Waals surface area contributed by atoms with Crippen LogP contribution in [-0.2, 0) is 9.59 Å². The van der Waals surface area contributed by atoms with Crippen LogP contribution in [0.1, 0.15) is 57.9 Å². The van der Waals surface area contributed by atoms with Crippen LogP contribution in [0.15, 0.2) is 93.4 Å². The van der Waals surface area contributed by atoms with Crippen LogP contribution in [0, 0.1) is 0 Å². The predicted octanol–water partition coefficient (Wildman–Crippen LogP) is 4.36. The Morgan fingerprint density at radius 2 is 1.00 bits per heavy atom. The van der Waals surface area contributed by atoms with Crippen molar-refractivity contribution in [2.75, 3.05) is 26.7 Å². The van der Waals surface area contributed by atoms with Gasteiger partial charge in [-0.15, -0.1) is 0 Å². The molecule has 4 amide bonds. The van der Waals surface area contributed by atoms with Crippen molar-refractivity contribution < 1.29 is 47.0 Å². The molecule has 0 radical (unpaired) electrons. The van der Waals surface area contributed by atoms with Gasteiger partial charge in [-0.05, 0) is 84.7 Å². The van der Waals surface area contributed by atoms with E-state index >= 15 is 0 Å². The van der Waals surface area contributed by atoms with E-state index in [4.69, 9.17) is 27.8 Å². The number of unbranched alkanes of at least 4 members (excludes halogenated alkanes) is 3. The van der Waals surface area contributed by atoms with Crippen LogP contribution in [0.2, 0.25) is 0 Å². The Hall–Kier alpha value is -6.44. The molecule has 2 aliphatic heterocycles. The van der Waals surface area contributed by atoms with E-state index in [9.17, 15) is 19.2 Å². The van der Waals surface area contributed by atoms with Crippen LogP contribution in [-0.4, -0.2) is 50.3 Å². The van der Waals surface area contributed by atoms with Crippen molar-refractivity contribution in [3.8, 4) is 23.0 Å². The molecule has 0 saturated heterocycles. The standard InChI is InChI=1S/C36H34N4O10/c41-33(25(39-35(43)29-7-5-15-45-29)17-23-9-11-27-31(19-23)49-21-47-27)37-13-3-1-2-4-14-38-34(42)26(40-36(44)30-8-6-16-46-30)18-24-10-12-28-32(20-24)50-22-48-28/h5-12,15-20H,1-4,13-14,21-22H2,(H,37,41)(H,38,42)(H,39,43)(H,40,44)/b25-17-,26-18-. The highest BCUT2D eigenvalue weighted by Gasteiger charge is 2.20. The molecule has 50 heavy (non-hydrogen) atoms. The second-order valence-electron chi connectivity index (χ2n) is 11.1. The number of rotatable bonds is 15. The van der Waals surface area contributed by atoms with Crippen molar-refractivity contribution in [1.82, 2.24) is 21.3 Å². The minimum Gasteiger partial charge on any atom is -0.459 e. The summed E-state index contributed by atoms with van der Waals surface area (Å²) in [5, 5.41) is 10.9. The van der Waals surface area contributed by atoms with Gasteiger partial charge in [0.25, 0.3) is 23.6 Å². The number of carbonyl (C=O) groups excluding carboxylic acids is 4. The molecular formula is C36H34N4O10. The number of carbonyl (C=O) groups is 4. The molecular weight excluding hydrogens is 648 g/mol. The van der Waals surface area contributed by atoms with Crippen molar-refractivity contribution >= 4 is 35.8 Å². The van der Waals surface area contributed by atoms with Gasteiger partial charge in [0.15, 0.2) is 34.5 Å². The molecule has 0 spiro atoms. The summed E-state index contributed by atoms with van der Waals surface area (Å²) in [7, 11) is 0. The van der Waals surface area contributed by atoms with Gasteiger partial charge in [0.2, 0.25) is 13.6 Å². The zero-order chi connectivity index (χ0) is 34.7. The molecule has 6 rings (SSSR count). The Balaban J connectivity index is 0.971. The molecule has 0 bridgehead atoms. The number of furan rings is 2. The highest BCUT2D eigenvalue weighted by atomic mass is 16.7. The minimum absolute atomic E-state index is 0.0386. The van der Waals surface area contributed by atoms with Crippen molar-refractivity contribution in [3.05, 3.63) is 107 Å². The van der Waals surface area contributed by atoms with Crippen LogP contribution in [0.3, 0.4) is 0 Å². The first-order valence-corrected chi connectivity index (χ1v) is 15.9. The van der Waals surface area contributed by atoms with E-state index in [1.807, 2.05) is 0 Å². The fourth-order valence-electron chi connectivity index (χ4n) is 5.04. The van der Waals surface area contributed by atoms with Gasteiger partial charge in [-0.25, -0.2) is 0 Å². The predicted molar refractivity (Wildman–Crippen MR) is 178 cm³/mol. The fourth-order valence-corrected chi connectivity index (χ4v) is 5.04. The summed E-state index contributed by atoms with van der Waals surface area (Å²) < 4.78 is 31.9. The maximum Gasteiger partial charge on any atom is 0.291 e. The number of hydrogen-bond donors (Lipinski definition) is 4. The summed E-state index contributed by atoms with van der Waals surface area (Å²) in [5.74, 6) is 0.368. The van der Waals surface area contributed by atoms with Crippen LogP contribution >= 0.6 is 0 Å². The number of nitrogens with one attached hydrogen (secondary N) is 4. The molecule has 14 heteroatoms. The lowest BCUT2D eigenvalue weighted by molar-refractivity contribution is -0.118. The first-order valence-electron chi connectivity index (χ1n) is 15.9. The van der Waals surface area contributed by atoms with Gasteiger partial charge >= 0.3 is 0 Å². The number of hydrogen-bond acceptors (Lipinski definition) is 10. The van der Waals surface area contributed by atoms with Gasteiger partial charge in [0, 0.05) is 13.1 Å². The maximum absolute atomic E-state index is 13.1. The molecule has 14 nitrogen and oxygen atoms in total. The van der Waals surface area contributed by atoms with E-state index in [0.717, 1.165) is 12.8 Å². The monoisotopic (exact) mass is 682 g/mol. The SMILES string of the molecule is O=C(NCCCCCCNC(=O)/C(=C/c1ccc2c(c1)OCO2)NC(=O)c1ccco1)/C(=C/c1ccc2c(c1)OCO2)NC(=O)c1ccco1. The second-order valence-corrected chi connectivity index (χ2v) is 11.1. The highest BCUT2D eigenvalue weighted by Crippen LogP contribution is 2.34. The Kier molecular flexibility index (Phi) is 10.8. The molecule has 0 unspecified atom stereocenters. The first kappa shape index (κ1) is 33.5. The number of benzene rings is 2. The summed E-state index contributed by atoms with van der Waals surface area (Å²) in [6, 6.07) is 16.6. The summed E-state index contributed by atoms with van der Waals surface area (Å²) >= 11 is 0. The summed E-state index contributed by atoms with van der Waals surface area (Å²) in [6.45, 7) is 0.952. The first-order chi connectivity index (χ1) is 24.4. The van der Waals surface area contributed by atoms with Crippen LogP contribution in [0.5, 0.6) is 23.0 Å². The molecule has 0 saturated carbocycles. The minimum atomic E-state index is -0.561. The smallest absolute Gasteiger partial charge is 0.291 e. The quantitative estimate of drug-likeness (QED) is 0.104. The molecule has 0 fully saturated rings. The lowest BCUT2D eigenvalue weighted by Crippen LogP contribution is -2.35. The molecule has 258 valence electrons. The van der Waals surface area contributed by atoms with Crippen molar-refractivity contribution in [3.63, 3.8) is 0 Å². The molecule has 2 aromatic heterocycles. The third kappa shape index (κ3) is 8.72. The van der Waals surface area contributed by atoms with Gasteiger partial charge < -0.3 is 49.0 Å². The lowest BCUT2D eigenvalue weighted by atomic mass is 10.1. The third-order valence-corrected chi connectivity index (χ3v) is 7.57. The van der Waals surface area contributed by atoms with Crippen LogP contribution in [0.25, 0.3) is 12.2 Å². The molecule has 4 N–H and O–H groups in total. The summed E-state index contributed by atoms with van der Waals surface area (Å²) in [6.07, 6.45) is 8.71. The highest BCUT2D eigenvalue weighted by molar-refractivity contribution is 6.05. The van der Waals surface area contributed by atoms with Gasteiger partial charge in [0.05, 0.1) is 12.5 Å². The molecule has 2 aliphatic rings. The zero-order valence-corrected chi connectivity index (χ0v) is 26.8. The number of ether oxygens (including phenoxy) is 4. The van der Waals surface area contributed by atoms with Gasteiger partial charge in [-0.1, -0.05) is 25.0 Å². The van der Waals surface area contributed by atoms with Gasteiger partial charge in [-0.2, -0.15) is 0 Å².